The Morgan fingerprint density at radius 3 is 2.79 bits per heavy atom. The highest BCUT2D eigenvalue weighted by Crippen LogP contribution is 2.18. The highest BCUT2D eigenvalue weighted by molar-refractivity contribution is 5.93. The van der Waals surface area contributed by atoms with Crippen molar-refractivity contribution in [1.29, 1.82) is 0 Å². The molecule has 0 aliphatic heterocycles. The van der Waals surface area contributed by atoms with E-state index in [4.69, 9.17) is 0 Å². The molecule has 0 aliphatic carbocycles. The number of Topliss-reactive ketones (excluding diaryl/α,β-unsaturated/α-hetero) is 1. The zero-order chi connectivity index (χ0) is 14.0. The van der Waals surface area contributed by atoms with Gasteiger partial charge in [-0.1, -0.05) is 6.07 Å². The average molecular weight is 263 g/mol. The number of hydrogen-bond donors (Lipinski definition) is 0. The molecular weight excluding hydrogens is 253 g/mol. The Hall–Kier alpha value is -2.57. The predicted molar refractivity (Wildman–Crippen MR) is 64.4 cm³/mol. The van der Waals surface area contributed by atoms with Crippen molar-refractivity contribution in [2.24, 2.45) is 0 Å². The highest BCUT2D eigenvalue weighted by atomic mass is 19.1. The van der Waals surface area contributed by atoms with Crippen LogP contribution in [0.5, 0.6) is 0 Å². The molecule has 2 rings (SSSR count). The Labute approximate surface area is 107 Å². The first-order valence-corrected chi connectivity index (χ1v) is 5.43. The van der Waals surface area contributed by atoms with Gasteiger partial charge in [0.2, 0.25) is 5.82 Å². The summed E-state index contributed by atoms with van der Waals surface area (Å²) in [6.45, 7) is 1.66. The summed E-state index contributed by atoms with van der Waals surface area (Å²) in [5.74, 6) is -0.998. The molecule has 0 bridgehead atoms. The van der Waals surface area contributed by atoms with Crippen LogP contribution in [0.25, 0.3) is 0 Å². The van der Waals surface area contributed by atoms with E-state index in [0.29, 0.717) is 11.1 Å². The molecule has 1 aromatic carbocycles. The number of ketones is 1. The van der Waals surface area contributed by atoms with Crippen molar-refractivity contribution in [2.45, 2.75) is 13.5 Å². The zero-order valence-corrected chi connectivity index (χ0v) is 10.0. The summed E-state index contributed by atoms with van der Waals surface area (Å²) >= 11 is 0. The average Bonchev–Trinajstić information content (AvgIpc) is 2.77. The van der Waals surface area contributed by atoms with E-state index in [9.17, 15) is 19.3 Å². The summed E-state index contributed by atoms with van der Waals surface area (Å²) in [6, 6.07) is 3.66. The predicted octanol–water partition coefficient (Wildman–Crippen LogP) is 2.18. The minimum atomic E-state index is -0.888. The lowest BCUT2D eigenvalue weighted by Gasteiger charge is -2.02. The Morgan fingerprint density at radius 1 is 1.53 bits per heavy atom. The van der Waals surface area contributed by atoms with Crippen molar-refractivity contribution >= 4 is 11.5 Å². The summed E-state index contributed by atoms with van der Waals surface area (Å²) in [6.07, 6.45) is 2.96. The SMILES string of the molecule is CC(=O)c1cnn(Cc2ccc([N+](=O)[O-])c(F)c2)c1. The smallest absolute Gasteiger partial charge is 0.294 e. The molecule has 6 nitrogen and oxygen atoms in total. The molecule has 0 atom stereocenters. The van der Waals surface area contributed by atoms with E-state index < -0.39 is 16.4 Å². The minimum absolute atomic E-state index is 0.110. The number of nitro benzene ring substituents is 1. The first-order chi connectivity index (χ1) is 8.97. The minimum Gasteiger partial charge on any atom is -0.294 e. The summed E-state index contributed by atoms with van der Waals surface area (Å²) in [5.41, 5.74) is 0.428. The van der Waals surface area contributed by atoms with Gasteiger partial charge < -0.3 is 0 Å². The Morgan fingerprint density at radius 2 is 2.26 bits per heavy atom. The second kappa shape index (κ2) is 4.97. The lowest BCUT2D eigenvalue weighted by Crippen LogP contribution is -2.01. The molecule has 98 valence electrons. The van der Waals surface area contributed by atoms with Crippen LogP contribution in [-0.2, 0) is 6.54 Å². The first kappa shape index (κ1) is 12.9. The second-order valence-corrected chi connectivity index (χ2v) is 4.03. The van der Waals surface area contributed by atoms with Crippen LogP contribution in [-0.4, -0.2) is 20.5 Å². The van der Waals surface area contributed by atoms with Crippen LogP contribution < -0.4 is 0 Å². The van der Waals surface area contributed by atoms with Gasteiger partial charge in [-0.05, 0) is 18.6 Å². The van der Waals surface area contributed by atoms with Crippen LogP contribution in [0.4, 0.5) is 10.1 Å². The number of hydrogen-bond acceptors (Lipinski definition) is 4. The van der Waals surface area contributed by atoms with E-state index in [1.54, 1.807) is 6.20 Å². The van der Waals surface area contributed by atoms with Gasteiger partial charge in [-0.15, -0.1) is 0 Å². The number of aromatic nitrogens is 2. The van der Waals surface area contributed by atoms with Crippen molar-refractivity contribution in [2.75, 3.05) is 0 Å². The lowest BCUT2D eigenvalue weighted by atomic mass is 10.2. The van der Waals surface area contributed by atoms with Gasteiger partial charge in [0.05, 0.1) is 23.2 Å². The molecule has 0 N–H and O–H groups in total. The number of nitro groups is 1. The number of carbonyl (C=O) groups is 1. The molecule has 0 spiro atoms. The quantitative estimate of drug-likeness (QED) is 0.481. The molecule has 2 aromatic rings. The Kier molecular flexibility index (Phi) is 3.37. The molecule has 0 saturated carbocycles. The Balaban J connectivity index is 2.21. The third-order valence-corrected chi connectivity index (χ3v) is 2.59. The van der Waals surface area contributed by atoms with Gasteiger partial charge in [-0.25, -0.2) is 0 Å². The molecule has 1 heterocycles. The molecular formula is C12H10FN3O3. The number of benzene rings is 1. The van der Waals surface area contributed by atoms with Crippen LogP contribution >= 0.6 is 0 Å². The highest BCUT2D eigenvalue weighted by Gasteiger charge is 2.14. The molecule has 0 saturated heterocycles. The summed E-state index contributed by atoms with van der Waals surface area (Å²) in [7, 11) is 0. The van der Waals surface area contributed by atoms with Crippen molar-refractivity contribution in [1.82, 2.24) is 9.78 Å². The van der Waals surface area contributed by atoms with Gasteiger partial charge >= 0.3 is 5.69 Å². The molecule has 7 heteroatoms. The standard InChI is InChI=1S/C12H10FN3O3/c1-8(17)10-5-14-15(7-10)6-9-2-3-12(16(18)19)11(13)4-9/h2-5,7H,6H2,1H3. The van der Waals surface area contributed by atoms with Gasteiger partial charge in [-0.3, -0.25) is 19.6 Å². The molecule has 1 aromatic heterocycles. The molecule has 0 unspecified atom stereocenters. The van der Waals surface area contributed by atoms with Crippen LogP contribution in [0, 0.1) is 15.9 Å². The van der Waals surface area contributed by atoms with Gasteiger partial charge in [0, 0.05) is 12.3 Å². The molecule has 0 amide bonds. The molecule has 0 radical (unpaired) electrons. The van der Waals surface area contributed by atoms with Crippen molar-refractivity contribution in [3.05, 3.63) is 57.7 Å². The molecule has 0 aliphatic rings. The van der Waals surface area contributed by atoms with Crippen LogP contribution in [0.2, 0.25) is 0 Å². The topological polar surface area (TPSA) is 78.0 Å². The zero-order valence-electron chi connectivity index (χ0n) is 10.0. The third kappa shape index (κ3) is 2.82. The monoisotopic (exact) mass is 263 g/mol. The van der Waals surface area contributed by atoms with Crippen molar-refractivity contribution < 1.29 is 14.1 Å². The maximum atomic E-state index is 13.4. The number of halogens is 1. The number of rotatable bonds is 4. The van der Waals surface area contributed by atoms with Gasteiger partial charge in [0.25, 0.3) is 0 Å². The fourth-order valence-electron chi connectivity index (χ4n) is 1.62. The third-order valence-electron chi connectivity index (χ3n) is 2.59. The van der Waals surface area contributed by atoms with E-state index in [0.717, 1.165) is 12.1 Å². The molecule has 0 fully saturated rings. The fourth-order valence-corrected chi connectivity index (χ4v) is 1.62. The maximum Gasteiger partial charge on any atom is 0.304 e. The van der Waals surface area contributed by atoms with E-state index in [2.05, 4.69) is 5.10 Å². The fraction of sp³-hybridized carbons (Fsp3) is 0.167. The lowest BCUT2D eigenvalue weighted by molar-refractivity contribution is -0.387. The van der Waals surface area contributed by atoms with E-state index >= 15 is 0 Å². The van der Waals surface area contributed by atoms with Gasteiger partial charge in [-0.2, -0.15) is 9.49 Å². The van der Waals surface area contributed by atoms with Crippen LogP contribution in [0.3, 0.4) is 0 Å². The summed E-state index contributed by atoms with van der Waals surface area (Å²) < 4.78 is 14.9. The van der Waals surface area contributed by atoms with Gasteiger partial charge in [0.1, 0.15) is 0 Å². The van der Waals surface area contributed by atoms with E-state index in [-0.39, 0.29) is 12.3 Å². The van der Waals surface area contributed by atoms with Crippen LogP contribution in [0.15, 0.2) is 30.6 Å². The molecule has 19 heavy (non-hydrogen) atoms. The van der Waals surface area contributed by atoms with Crippen molar-refractivity contribution in [3.8, 4) is 0 Å². The van der Waals surface area contributed by atoms with Crippen LogP contribution in [0.1, 0.15) is 22.8 Å². The summed E-state index contributed by atoms with van der Waals surface area (Å²) in [4.78, 5) is 20.8. The van der Waals surface area contributed by atoms with E-state index in [1.165, 1.54) is 23.9 Å². The van der Waals surface area contributed by atoms with Gasteiger partial charge in [0.15, 0.2) is 5.78 Å². The largest absolute Gasteiger partial charge is 0.304 e. The number of nitrogens with zero attached hydrogens (tertiary/aromatic N) is 3. The normalized spacial score (nSPS) is 10.4. The Bertz CT molecular complexity index is 651. The maximum absolute atomic E-state index is 13.4. The van der Waals surface area contributed by atoms with E-state index in [1.807, 2.05) is 0 Å². The first-order valence-electron chi connectivity index (χ1n) is 5.43. The van der Waals surface area contributed by atoms with Crippen molar-refractivity contribution in [3.63, 3.8) is 0 Å². The second-order valence-electron chi connectivity index (χ2n) is 4.03. The number of carbonyl (C=O) groups excluding carboxylic acids is 1. The summed E-state index contributed by atoms with van der Waals surface area (Å²) in [5, 5.41) is 14.4.